The Morgan fingerprint density at radius 3 is 1.74 bits per heavy atom. The number of allylic oxidation sites excluding steroid dienone is 4. The van der Waals surface area contributed by atoms with Gasteiger partial charge in [0.15, 0.2) is 0 Å². The molecule has 9 aromatic carbocycles. The van der Waals surface area contributed by atoms with Crippen LogP contribution in [-0.4, -0.2) is 11.6 Å². The number of nitrogens with zero attached hydrogens (tertiary/aromatic N) is 4. The molecule has 2 heterocycles. The number of anilines is 8. The SMILES string of the molecule is CN1c2cc(N(c3ccccc3)c3ccc4c(c3)C(C)(C)c3ccccc3-4)ccc2-c2cc3c(c4cccc1c24)c1ccc(N(c2ccccc2)c2ccc4c(c2)C(C)(C)C2=C4C=CCC2)cc1n3C. The van der Waals surface area contributed by atoms with Crippen molar-refractivity contribution in [3.8, 4) is 22.3 Å². The largest absolute Gasteiger partial charge is 0.344 e. The molecule has 10 aromatic rings. The highest BCUT2D eigenvalue weighted by Crippen LogP contribution is 2.55. The summed E-state index contributed by atoms with van der Waals surface area (Å²) in [6.45, 7) is 9.55. The minimum Gasteiger partial charge on any atom is -0.344 e. The maximum Gasteiger partial charge on any atom is 0.0510 e. The van der Waals surface area contributed by atoms with Crippen LogP contribution in [0.4, 0.5) is 45.5 Å². The molecule has 0 N–H and O–H groups in total. The van der Waals surface area contributed by atoms with Crippen LogP contribution in [0.2, 0.25) is 0 Å². The number of para-hydroxylation sites is 2. The Kier molecular flexibility index (Phi) is 8.61. The van der Waals surface area contributed by atoms with Gasteiger partial charge >= 0.3 is 0 Å². The fraction of sp³-hybridized carbons (Fsp3) is 0.152. The maximum atomic E-state index is 2.46. The van der Waals surface area contributed by atoms with Crippen LogP contribution in [0.5, 0.6) is 0 Å². The van der Waals surface area contributed by atoms with Crippen molar-refractivity contribution < 1.29 is 0 Å². The molecule has 0 unspecified atom stereocenters. The van der Waals surface area contributed by atoms with Crippen LogP contribution in [0, 0.1) is 0 Å². The highest BCUT2D eigenvalue weighted by atomic mass is 15.2. The Morgan fingerprint density at radius 1 is 0.414 bits per heavy atom. The van der Waals surface area contributed by atoms with E-state index < -0.39 is 0 Å². The third-order valence-electron chi connectivity index (χ3n) is 16.6. The van der Waals surface area contributed by atoms with Crippen molar-refractivity contribution in [3.63, 3.8) is 0 Å². The summed E-state index contributed by atoms with van der Waals surface area (Å²) in [6.07, 6.45) is 6.94. The van der Waals surface area contributed by atoms with Crippen molar-refractivity contribution in [2.45, 2.75) is 51.4 Å². The fourth-order valence-electron chi connectivity index (χ4n) is 13.1. The van der Waals surface area contributed by atoms with Crippen molar-refractivity contribution >= 4 is 83.7 Å². The van der Waals surface area contributed by atoms with E-state index in [2.05, 4.69) is 255 Å². The Balaban J connectivity index is 0.906. The van der Waals surface area contributed by atoms with E-state index >= 15 is 0 Å². The van der Waals surface area contributed by atoms with Crippen LogP contribution < -0.4 is 14.7 Å². The lowest BCUT2D eigenvalue weighted by atomic mass is 9.78. The summed E-state index contributed by atoms with van der Waals surface area (Å²) in [5, 5.41) is 5.14. The van der Waals surface area contributed by atoms with Gasteiger partial charge in [0, 0.05) is 86.5 Å². The predicted octanol–water partition coefficient (Wildman–Crippen LogP) is 17.9. The number of hydrogen-bond donors (Lipinski definition) is 0. The molecule has 0 radical (unpaired) electrons. The molecule has 0 fully saturated rings. The number of benzene rings is 9. The van der Waals surface area contributed by atoms with Gasteiger partial charge in [-0.1, -0.05) is 142 Å². The number of fused-ring (bicyclic) bond motifs is 11. The maximum absolute atomic E-state index is 2.46. The van der Waals surface area contributed by atoms with E-state index in [0.717, 1.165) is 41.3 Å². The highest BCUT2D eigenvalue weighted by molar-refractivity contribution is 6.28. The lowest BCUT2D eigenvalue weighted by Gasteiger charge is -2.33. The topological polar surface area (TPSA) is 14.7 Å². The molecule has 70 heavy (non-hydrogen) atoms. The summed E-state index contributed by atoms with van der Waals surface area (Å²) in [6, 6.07) is 68.3. The van der Waals surface area contributed by atoms with E-state index in [9.17, 15) is 0 Å². The van der Waals surface area contributed by atoms with Gasteiger partial charge in [-0.15, -0.1) is 0 Å². The average molecular weight is 903 g/mol. The molecule has 338 valence electrons. The van der Waals surface area contributed by atoms with Gasteiger partial charge in [0.25, 0.3) is 0 Å². The van der Waals surface area contributed by atoms with E-state index in [1.807, 2.05) is 0 Å². The van der Waals surface area contributed by atoms with Crippen LogP contribution in [0.15, 0.2) is 200 Å². The summed E-state index contributed by atoms with van der Waals surface area (Å²) in [5.74, 6) is 0. The summed E-state index contributed by atoms with van der Waals surface area (Å²) in [4.78, 5) is 7.28. The molecule has 0 saturated carbocycles. The molecule has 0 spiro atoms. The Bertz CT molecular complexity index is 3920. The smallest absolute Gasteiger partial charge is 0.0510 e. The van der Waals surface area contributed by atoms with E-state index in [1.54, 1.807) is 5.57 Å². The van der Waals surface area contributed by atoms with Crippen molar-refractivity contribution in [2.24, 2.45) is 7.05 Å². The van der Waals surface area contributed by atoms with Gasteiger partial charge in [0.05, 0.1) is 16.7 Å². The van der Waals surface area contributed by atoms with Gasteiger partial charge in [-0.2, -0.15) is 0 Å². The molecule has 0 atom stereocenters. The van der Waals surface area contributed by atoms with Crippen LogP contribution in [-0.2, 0) is 17.9 Å². The van der Waals surface area contributed by atoms with Crippen molar-refractivity contribution in [2.75, 3.05) is 21.7 Å². The quantitative estimate of drug-likeness (QED) is 0.165. The second kappa shape index (κ2) is 14.7. The molecule has 4 nitrogen and oxygen atoms in total. The number of aryl methyl sites for hydroxylation is 1. The number of hydrogen-bond acceptors (Lipinski definition) is 3. The van der Waals surface area contributed by atoms with Crippen LogP contribution in [0.25, 0.3) is 60.4 Å². The molecular formula is C66H54N4. The summed E-state index contributed by atoms with van der Waals surface area (Å²) in [5.41, 5.74) is 25.3. The molecule has 1 aliphatic heterocycles. The van der Waals surface area contributed by atoms with Gasteiger partial charge in [0.2, 0.25) is 0 Å². The molecule has 3 aliphatic carbocycles. The first kappa shape index (κ1) is 40.9. The third-order valence-corrected chi connectivity index (χ3v) is 16.6. The second-order valence-electron chi connectivity index (χ2n) is 21.0. The highest BCUT2D eigenvalue weighted by Gasteiger charge is 2.39. The minimum absolute atomic E-state index is 0.0163. The standard InChI is InChI=1S/C66H54N4/c1-65(2)55-25-15-13-22-47(55)49-32-28-43(36-57(49)65)69(41-18-9-7-10-19-41)45-30-34-51-54-40-62-63(53-24-17-27-59(64(53)54)67(5)60(51)38-45)52-35-31-46(39-61(52)68(62)6)70(42-20-11-8-12-21-42)44-29-33-50-48-23-14-16-26-56(48)66(3,4)58(50)37-44/h7-15,17-25,27-40H,16,26H2,1-6H3. The van der Waals surface area contributed by atoms with Crippen molar-refractivity contribution in [3.05, 3.63) is 222 Å². The normalized spacial score (nSPS) is 15.5. The van der Waals surface area contributed by atoms with Crippen LogP contribution in [0.1, 0.15) is 62.8 Å². The second-order valence-corrected chi connectivity index (χ2v) is 21.0. The third kappa shape index (κ3) is 5.65. The Labute approximate surface area is 410 Å². The van der Waals surface area contributed by atoms with Gasteiger partial charge in [0.1, 0.15) is 0 Å². The molecular weight excluding hydrogens is 849 g/mol. The average Bonchev–Trinajstić information content (AvgIpc) is 3.91. The molecule has 0 amide bonds. The fourth-order valence-corrected chi connectivity index (χ4v) is 13.1. The summed E-state index contributed by atoms with van der Waals surface area (Å²) >= 11 is 0. The molecule has 0 saturated heterocycles. The first-order valence-corrected chi connectivity index (χ1v) is 24.9. The molecule has 0 bridgehead atoms. The van der Waals surface area contributed by atoms with E-state index in [4.69, 9.17) is 0 Å². The lowest BCUT2D eigenvalue weighted by molar-refractivity contribution is 0.607. The van der Waals surface area contributed by atoms with Crippen LogP contribution in [0.3, 0.4) is 0 Å². The summed E-state index contributed by atoms with van der Waals surface area (Å²) in [7, 11) is 4.49. The van der Waals surface area contributed by atoms with Crippen molar-refractivity contribution in [1.82, 2.24) is 4.57 Å². The number of rotatable bonds is 6. The van der Waals surface area contributed by atoms with Gasteiger partial charge in [-0.25, -0.2) is 0 Å². The van der Waals surface area contributed by atoms with E-state index in [1.165, 1.54) is 99.7 Å². The first-order valence-electron chi connectivity index (χ1n) is 24.9. The Hall–Kier alpha value is -8.08. The van der Waals surface area contributed by atoms with Gasteiger partial charge in [-0.3, -0.25) is 0 Å². The molecule has 14 rings (SSSR count). The van der Waals surface area contributed by atoms with Crippen LogP contribution >= 0.6 is 0 Å². The summed E-state index contributed by atoms with van der Waals surface area (Å²) < 4.78 is 2.42. The first-order chi connectivity index (χ1) is 34.1. The van der Waals surface area contributed by atoms with Crippen molar-refractivity contribution in [1.29, 1.82) is 0 Å². The molecule has 4 aliphatic rings. The predicted molar refractivity (Wildman–Crippen MR) is 297 cm³/mol. The zero-order valence-corrected chi connectivity index (χ0v) is 40.7. The molecule has 1 aromatic heterocycles. The number of aromatic nitrogens is 1. The lowest BCUT2D eigenvalue weighted by Crippen LogP contribution is -2.18. The van der Waals surface area contributed by atoms with E-state index in [0.29, 0.717) is 0 Å². The molecule has 4 heteroatoms. The zero-order chi connectivity index (χ0) is 47.2. The van der Waals surface area contributed by atoms with E-state index in [-0.39, 0.29) is 10.8 Å². The Morgan fingerprint density at radius 2 is 1.01 bits per heavy atom. The zero-order valence-electron chi connectivity index (χ0n) is 40.7. The minimum atomic E-state index is -0.104. The van der Waals surface area contributed by atoms with Gasteiger partial charge < -0.3 is 19.3 Å². The monoisotopic (exact) mass is 902 g/mol. The van der Waals surface area contributed by atoms with Gasteiger partial charge in [-0.05, 0) is 148 Å².